The molecular weight excluding hydrogens is 268 g/mol. The van der Waals surface area contributed by atoms with Crippen LogP contribution >= 0.6 is 0 Å². The van der Waals surface area contributed by atoms with Crippen LogP contribution in [0.1, 0.15) is 31.0 Å². The molecule has 0 aromatic heterocycles. The number of carbonyl (C=O) groups is 2. The second kappa shape index (κ2) is 6.72. The topological polar surface area (TPSA) is 60.9 Å². The van der Waals surface area contributed by atoms with E-state index < -0.39 is 12.0 Å². The number of rotatable bonds is 5. The summed E-state index contributed by atoms with van der Waals surface area (Å²) in [5, 5.41) is 9.55. The summed E-state index contributed by atoms with van der Waals surface area (Å²) in [5.74, 6) is -0.903. The van der Waals surface area contributed by atoms with Gasteiger partial charge < -0.3 is 10.0 Å². The largest absolute Gasteiger partial charge is 0.480 e. The van der Waals surface area contributed by atoms with Crippen molar-refractivity contribution in [2.45, 2.75) is 26.3 Å². The molecule has 1 unspecified atom stereocenters. The molecule has 1 atom stereocenters. The van der Waals surface area contributed by atoms with Crippen molar-refractivity contribution < 1.29 is 14.7 Å². The number of fused-ring (bicyclic) bond motifs is 1. The SMILES string of the molecule is CCN(CC)C(=O)CN1CCc2ccccc2C1C(=O)O. The zero-order chi connectivity index (χ0) is 15.4. The molecule has 1 heterocycles. The highest BCUT2D eigenvalue weighted by atomic mass is 16.4. The number of benzene rings is 1. The lowest BCUT2D eigenvalue weighted by molar-refractivity contribution is -0.145. The fraction of sp³-hybridized carbons (Fsp3) is 0.500. The molecule has 0 saturated heterocycles. The molecule has 0 fully saturated rings. The summed E-state index contributed by atoms with van der Waals surface area (Å²) in [6.45, 7) is 5.92. The summed E-state index contributed by atoms with van der Waals surface area (Å²) in [4.78, 5) is 27.4. The Morgan fingerprint density at radius 2 is 1.95 bits per heavy atom. The van der Waals surface area contributed by atoms with Crippen LogP contribution in [-0.2, 0) is 16.0 Å². The third-order valence-corrected chi connectivity index (χ3v) is 4.07. The minimum atomic E-state index is -0.894. The van der Waals surface area contributed by atoms with Gasteiger partial charge in [-0.05, 0) is 31.4 Å². The number of hydrogen-bond donors (Lipinski definition) is 1. The van der Waals surface area contributed by atoms with Crippen molar-refractivity contribution in [1.29, 1.82) is 0 Å². The maximum atomic E-state index is 12.2. The van der Waals surface area contributed by atoms with E-state index in [1.54, 1.807) is 9.80 Å². The highest BCUT2D eigenvalue weighted by molar-refractivity contribution is 5.81. The van der Waals surface area contributed by atoms with Gasteiger partial charge in [-0.25, -0.2) is 0 Å². The van der Waals surface area contributed by atoms with E-state index >= 15 is 0 Å². The monoisotopic (exact) mass is 290 g/mol. The van der Waals surface area contributed by atoms with E-state index in [-0.39, 0.29) is 12.5 Å². The number of amides is 1. The average molecular weight is 290 g/mol. The highest BCUT2D eigenvalue weighted by Gasteiger charge is 2.34. The molecule has 2 rings (SSSR count). The standard InChI is InChI=1S/C16H22N2O3/c1-3-17(4-2)14(19)11-18-10-9-12-7-5-6-8-13(12)15(18)16(20)21/h5-8,15H,3-4,9-11H2,1-2H3,(H,20,21). The van der Waals surface area contributed by atoms with E-state index in [4.69, 9.17) is 0 Å². The number of carbonyl (C=O) groups excluding carboxylic acids is 1. The number of likely N-dealkylation sites (N-methyl/N-ethyl adjacent to an activating group) is 1. The van der Waals surface area contributed by atoms with Crippen LogP contribution in [0.5, 0.6) is 0 Å². The van der Waals surface area contributed by atoms with Gasteiger partial charge in [-0.2, -0.15) is 0 Å². The zero-order valence-corrected chi connectivity index (χ0v) is 12.6. The van der Waals surface area contributed by atoms with Gasteiger partial charge in [0.15, 0.2) is 0 Å². The van der Waals surface area contributed by atoms with Crippen molar-refractivity contribution in [2.24, 2.45) is 0 Å². The minimum Gasteiger partial charge on any atom is -0.480 e. The first-order valence-corrected chi connectivity index (χ1v) is 7.40. The molecule has 21 heavy (non-hydrogen) atoms. The van der Waals surface area contributed by atoms with Crippen molar-refractivity contribution >= 4 is 11.9 Å². The van der Waals surface area contributed by atoms with Crippen LogP contribution in [0.3, 0.4) is 0 Å². The van der Waals surface area contributed by atoms with Crippen LogP contribution in [0.4, 0.5) is 0 Å². The molecule has 1 aromatic rings. The van der Waals surface area contributed by atoms with Crippen LogP contribution in [0, 0.1) is 0 Å². The van der Waals surface area contributed by atoms with E-state index in [9.17, 15) is 14.7 Å². The second-order valence-corrected chi connectivity index (χ2v) is 5.23. The second-order valence-electron chi connectivity index (χ2n) is 5.23. The number of nitrogens with zero attached hydrogens (tertiary/aromatic N) is 2. The van der Waals surface area contributed by atoms with Crippen LogP contribution in [0.25, 0.3) is 0 Å². The van der Waals surface area contributed by atoms with Crippen molar-refractivity contribution in [3.8, 4) is 0 Å². The summed E-state index contributed by atoms with van der Waals surface area (Å²) in [6, 6.07) is 6.87. The van der Waals surface area contributed by atoms with Crippen LogP contribution in [-0.4, -0.2) is 53.0 Å². The van der Waals surface area contributed by atoms with E-state index in [0.717, 1.165) is 17.5 Å². The first-order valence-electron chi connectivity index (χ1n) is 7.40. The molecule has 114 valence electrons. The van der Waals surface area contributed by atoms with Gasteiger partial charge in [0.1, 0.15) is 6.04 Å². The predicted molar refractivity (Wildman–Crippen MR) is 80.0 cm³/mol. The molecular formula is C16H22N2O3. The van der Waals surface area contributed by atoms with Gasteiger partial charge in [0.2, 0.25) is 5.91 Å². The van der Waals surface area contributed by atoms with E-state index in [1.165, 1.54) is 0 Å². The average Bonchev–Trinajstić information content (AvgIpc) is 2.47. The lowest BCUT2D eigenvalue weighted by Gasteiger charge is -2.35. The quantitative estimate of drug-likeness (QED) is 0.893. The van der Waals surface area contributed by atoms with Crippen LogP contribution < -0.4 is 0 Å². The Balaban J connectivity index is 2.21. The Morgan fingerprint density at radius 3 is 2.57 bits per heavy atom. The molecule has 5 nitrogen and oxygen atoms in total. The first kappa shape index (κ1) is 15.5. The van der Waals surface area contributed by atoms with Gasteiger partial charge in [0, 0.05) is 19.6 Å². The zero-order valence-electron chi connectivity index (χ0n) is 12.6. The van der Waals surface area contributed by atoms with E-state index in [0.29, 0.717) is 19.6 Å². The maximum Gasteiger partial charge on any atom is 0.325 e. The van der Waals surface area contributed by atoms with Gasteiger partial charge in [-0.3, -0.25) is 14.5 Å². The third kappa shape index (κ3) is 3.24. The summed E-state index contributed by atoms with van der Waals surface area (Å²) < 4.78 is 0. The van der Waals surface area contributed by atoms with Gasteiger partial charge >= 0.3 is 5.97 Å². The van der Waals surface area contributed by atoms with Crippen molar-refractivity contribution in [3.05, 3.63) is 35.4 Å². The smallest absolute Gasteiger partial charge is 0.325 e. The maximum absolute atomic E-state index is 12.2. The molecule has 1 aliphatic heterocycles. The molecule has 1 amide bonds. The molecule has 1 aliphatic rings. The van der Waals surface area contributed by atoms with Gasteiger partial charge in [-0.1, -0.05) is 24.3 Å². The summed E-state index contributed by atoms with van der Waals surface area (Å²) in [7, 11) is 0. The molecule has 0 aliphatic carbocycles. The predicted octanol–water partition coefficient (Wildman–Crippen LogP) is 1.54. The highest BCUT2D eigenvalue weighted by Crippen LogP contribution is 2.29. The third-order valence-electron chi connectivity index (χ3n) is 4.07. The lowest BCUT2D eigenvalue weighted by atomic mass is 9.92. The summed E-state index contributed by atoms with van der Waals surface area (Å²) >= 11 is 0. The Hall–Kier alpha value is -1.88. The molecule has 1 N–H and O–H groups in total. The summed E-state index contributed by atoms with van der Waals surface area (Å²) in [6.07, 6.45) is 0.783. The molecule has 5 heteroatoms. The van der Waals surface area contributed by atoms with Crippen molar-refractivity contribution in [2.75, 3.05) is 26.2 Å². The van der Waals surface area contributed by atoms with Gasteiger partial charge in [-0.15, -0.1) is 0 Å². The number of carboxylic acid groups (broad SMARTS) is 1. The molecule has 0 radical (unpaired) electrons. The number of hydrogen-bond acceptors (Lipinski definition) is 3. The van der Waals surface area contributed by atoms with Crippen LogP contribution in [0.15, 0.2) is 24.3 Å². The van der Waals surface area contributed by atoms with E-state index in [2.05, 4.69) is 0 Å². The fourth-order valence-electron chi connectivity index (χ4n) is 2.93. The number of carboxylic acids is 1. The molecule has 1 aromatic carbocycles. The summed E-state index contributed by atoms with van der Waals surface area (Å²) in [5.41, 5.74) is 1.88. The Labute approximate surface area is 125 Å². The van der Waals surface area contributed by atoms with Gasteiger partial charge in [0.05, 0.1) is 6.54 Å². The normalized spacial score (nSPS) is 18.1. The van der Waals surface area contributed by atoms with Crippen molar-refractivity contribution in [1.82, 2.24) is 9.80 Å². The molecule has 0 spiro atoms. The number of aliphatic carboxylic acids is 1. The lowest BCUT2D eigenvalue weighted by Crippen LogP contribution is -2.46. The Morgan fingerprint density at radius 1 is 1.29 bits per heavy atom. The van der Waals surface area contributed by atoms with Crippen LogP contribution in [0.2, 0.25) is 0 Å². The van der Waals surface area contributed by atoms with Gasteiger partial charge in [0.25, 0.3) is 0 Å². The van der Waals surface area contributed by atoms with E-state index in [1.807, 2.05) is 38.1 Å². The van der Waals surface area contributed by atoms with Crippen molar-refractivity contribution in [3.63, 3.8) is 0 Å². The first-order chi connectivity index (χ1) is 10.1. The minimum absolute atomic E-state index is 0.00867. The Bertz CT molecular complexity index is 526. The fourth-order valence-corrected chi connectivity index (χ4v) is 2.93. The molecule has 0 bridgehead atoms. The Kier molecular flexibility index (Phi) is 4.96. The molecule has 0 saturated carbocycles.